The quantitative estimate of drug-likeness (QED) is 0.859. The minimum Gasteiger partial charge on any atom is -0.352 e. The number of amides is 1. The van der Waals surface area contributed by atoms with Gasteiger partial charge >= 0.3 is 0 Å². The molecule has 2 heterocycles. The van der Waals surface area contributed by atoms with E-state index in [-0.39, 0.29) is 23.5 Å². The summed E-state index contributed by atoms with van der Waals surface area (Å²) in [5.74, 6) is 0.225. The van der Waals surface area contributed by atoms with Crippen LogP contribution in [0.4, 0.5) is 0 Å². The van der Waals surface area contributed by atoms with E-state index in [9.17, 15) is 13.2 Å². The summed E-state index contributed by atoms with van der Waals surface area (Å²) in [5, 5.41) is 4.11. The van der Waals surface area contributed by atoms with Crippen LogP contribution in [0.25, 0.3) is 10.9 Å². The monoisotopic (exact) mass is 362 g/mol. The number of aryl methyl sites for hydroxylation is 1. The Morgan fingerprint density at radius 1 is 1.32 bits per heavy atom. The van der Waals surface area contributed by atoms with Crippen LogP contribution >= 0.6 is 0 Å². The standard InChI is InChI=1S/C19H26N2O3S/c1-14(2)21-12-15(17-7-3-4-8-18(17)21)6-5-9-19(22)20-16-10-11-25(23,24)13-16/h3-4,7-8,12,14,16H,5-6,9-11,13H2,1-2H3,(H,20,22). The molecule has 0 bridgehead atoms. The molecule has 1 unspecified atom stereocenters. The van der Waals surface area contributed by atoms with E-state index in [4.69, 9.17) is 0 Å². The van der Waals surface area contributed by atoms with Gasteiger partial charge in [0.2, 0.25) is 5.91 Å². The van der Waals surface area contributed by atoms with Crippen molar-refractivity contribution in [2.24, 2.45) is 0 Å². The van der Waals surface area contributed by atoms with E-state index in [1.165, 1.54) is 16.5 Å². The van der Waals surface area contributed by atoms with Gasteiger partial charge in [0.25, 0.3) is 0 Å². The van der Waals surface area contributed by atoms with Crippen molar-refractivity contribution in [3.8, 4) is 0 Å². The zero-order chi connectivity index (χ0) is 18.0. The predicted octanol–water partition coefficient (Wildman–Crippen LogP) is 2.85. The van der Waals surface area contributed by atoms with Gasteiger partial charge in [0.05, 0.1) is 11.5 Å². The average Bonchev–Trinajstić information content (AvgIpc) is 3.08. The molecule has 1 aliphatic heterocycles. The summed E-state index contributed by atoms with van der Waals surface area (Å²) in [6.45, 7) is 4.33. The van der Waals surface area contributed by atoms with E-state index >= 15 is 0 Å². The van der Waals surface area contributed by atoms with Crippen LogP contribution in [0.15, 0.2) is 30.5 Å². The zero-order valence-electron chi connectivity index (χ0n) is 14.9. The fourth-order valence-electron chi connectivity index (χ4n) is 3.55. The van der Waals surface area contributed by atoms with Crippen molar-refractivity contribution in [1.29, 1.82) is 0 Å². The minimum atomic E-state index is -2.95. The number of hydrogen-bond acceptors (Lipinski definition) is 3. The van der Waals surface area contributed by atoms with Crippen LogP contribution in [0.5, 0.6) is 0 Å². The molecular weight excluding hydrogens is 336 g/mol. The fraction of sp³-hybridized carbons (Fsp3) is 0.526. The molecule has 1 aromatic carbocycles. The van der Waals surface area contributed by atoms with E-state index in [0.717, 1.165) is 12.8 Å². The smallest absolute Gasteiger partial charge is 0.220 e. The number of sulfone groups is 1. The van der Waals surface area contributed by atoms with Crippen LogP contribution in [0, 0.1) is 0 Å². The lowest BCUT2D eigenvalue weighted by Gasteiger charge is -2.10. The SMILES string of the molecule is CC(C)n1cc(CCCC(=O)NC2CCS(=O)(=O)C2)c2ccccc21. The van der Waals surface area contributed by atoms with E-state index in [1.807, 2.05) is 12.1 Å². The predicted molar refractivity (Wildman–Crippen MR) is 100 cm³/mol. The molecule has 0 saturated carbocycles. The van der Waals surface area contributed by atoms with Crippen LogP contribution < -0.4 is 5.32 Å². The maximum atomic E-state index is 12.1. The summed E-state index contributed by atoms with van der Waals surface area (Å²) >= 11 is 0. The van der Waals surface area contributed by atoms with Crippen molar-refractivity contribution in [3.05, 3.63) is 36.0 Å². The first-order valence-corrected chi connectivity index (χ1v) is 10.8. The van der Waals surface area contributed by atoms with Crippen molar-refractivity contribution in [3.63, 3.8) is 0 Å². The Morgan fingerprint density at radius 3 is 2.76 bits per heavy atom. The highest BCUT2D eigenvalue weighted by atomic mass is 32.2. The van der Waals surface area contributed by atoms with Gasteiger partial charge in [-0.15, -0.1) is 0 Å². The highest BCUT2D eigenvalue weighted by molar-refractivity contribution is 7.91. The molecule has 0 spiro atoms. The van der Waals surface area contributed by atoms with E-state index in [2.05, 4.69) is 42.1 Å². The van der Waals surface area contributed by atoms with Gasteiger partial charge in [0.1, 0.15) is 0 Å². The van der Waals surface area contributed by atoms with Crippen LogP contribution in [-0.2, 0) is 21.1 Å². The van der Waals surface area contributed by atoms with Crippen molar-refractivity contribution in [2.75, 3.05) is 11.5 Å². The number of para-hydroxylation sites is 1. The third-order valence-electron chi connectivity index (χ3n) is 4.83. The fourth-order valence-corrected chi connectivity index (χ4v) is 5.23. The summed E-state index contributed by atoms with van der Waals surface area (Å²) < 4.78 is 25.2. The third-order valence-corrected chi connectivity index (χ3v) is 6.59. The van der Waals surface area contributed by atoms with E-state index in [0.29, 0.717) is 18.9 Å². The molecule has 136 valence electrons. The maximum absolute atomic E-state index is 12.1. The molecule has 6 heteroatoms. The largest absolute Gasteiger partial charge is 0.352 e. The molecule has 3 rings (SSSR count). The zero-order valence-corrected chi connectivity index (χ0v) is 15.7. The van der Waals surface area contributed by atoms with Gasteiger partial charge in [0.15, 0.2) is 9.84 Å². The number of rotatable bonds is 6. The third kappa shape index (κ3) is 4.24. The number of benzene rings is 1. The van der Waals surface area contributed by atoms with Gasteiger partial charge < -0.3 is 9.88 Å². The van der Waals surface area contributed by atoms with Gasteiger partial charge in [-0.05, 0) is 44.7 Å². The van der Waals surface area contributed by atoms with Gasteiger partial charge in [0, 0.05) is 35.6 Å². The summed E-state index contributed by atoms with van der Waals surface area (Å²) in [6, 6.07) is 8.54. The molecule has 1 saturated heterocycles. The van der Waals surface area contributed by atoms with Crippen LogP contribution in [-0.4, -0.2) is 36.4 Å². The summed E-state index contributed by atoms with van der Waals surface area (Å²) in [7, 11) is -2.95. The second-order valence-electron chi connectivity index (χ2n) is 7.19. The van der Waals surface area contributed by atoms with Crippen LogP contribution in [0.2, 0.25) is 0 Å². The number of fused-ring (bicyclic) bond motifs is 1. The molecule has 1 atom stereocenters. The summed E-state index contributed by atoms with van der Waals surface area (Å²) in [5.41, 5.74) is 2.49. The average molecular weight is 362 g/mol. The summed E-state index contributed by atoms with van der Waals surface area (Å²) in [4.78, 5) is 12.1. The molecular formula is C19H26N2O3S. The molecule has 1 fully saturated rings. The lowest BCUT2D eigenvalue weighted by molar-refractivity contribution is -0.121. The molecule has 1 aliphatic rings. The van der Waals surface area contributed by atoms with Gasteiger partial charge in [-0.25, -0.2) is 8.42 Å². The van der Waals surface area contributed by atoms with Crippen molar-refractivity contribution >= 4 is 26.6 Å². The number of carbonyl (C=O) groups excluding carboxylic acids is 1. The molecule has 0 aliphatic carbocycles. The van der Waals surface area contributed by atoms with Gasteiger partial charge in [-0.2, -0.15) is 0 Å². The Kier molecular flexibility index (Phi) is 5.18. The maximum Gasteiger partial charge on any atom is 0.220 e. The Morgan fingerprint density at radius 2 is 2.08 bits per heavy atom. The van der Waals surface area contributed by atoms with Crippen LogP contribution in [0.3, 0.4) is 0 Å². The Balaban J connectivity index is 1.57. The highest BCUT2D eigenvalue weighted by Gasteiger charge is 2.28. The molecule has 25 heavy (non-hydrogen) atoms. The topological polar surface area (TPSA) is 68.2 Å². The highest BCUT2D eigenvalue weighted by Crippen LogP contribution is 2.25. The van der Waals surface area contributed by atoms with Gasteiger partial charge in [-0.3, -0.25) is 4.79 Å². The molecule has 5 nitrogen and oxygen atoms in total. The first kappa shape index (κ1) is 18.0. The molecule has 0 radical (unpaired) electrons. The first-order chi connectivity index (χ1) is 11.9. The number of hydrogen-bond donors (Lipinski definition) is 1. The van der Waals surface area contributed by atoms with E-state index < -0.39 is 9.84 Å². The minimum absolute atomic E-state index is 0.0466. The summed E-state index contributed by atoms with van der Waals surface area (Å²) in [6.07, 6.45) is 4.76. The van der Waals surface area contributed by atoms with Gasteiger partial charge in [-0.1, -0.05) is 18.2 Å². The van der Waals surface area contributed by atoms with Crippen LogP contribution in [0.1, 0.15) is 44.7 Å². The Bertz CT molecular complexity index is 868. The molecule has 2 aromatic rings. The Hall–Kier alpha value is -1.82. The van der Waals surface area contributed by atoms with Crippen molar-refractivity contribution in [2.45, 2.75) is 51.6 Å². The molecule has 1 aromatic heterocycles. The number of nitrogens with one attached hydrogen (secondary N) is 1. The molecule has 1 N–H and O–H groups in total. The van der Waals surface area contributed by atoms with Crippen molar-refractivity contribution < 1.29 is 13.2 Å². The lowest BCUT2D eigenvalue weighted by atomic mass is 10.1. The van der Waals surface area contributed by atoms with E-state index in [1.54, 1.807) is 0 Å². The second-order valence-corrected chi connectivity index (χ2v) is 9.42. The molecule has 1 amide bonds. The number of nitrogens with zero attached hydrogens (tertiary/aromatic N) is 1. The Labute approximate surface area is 149 Å². The number of aromatic nitrogens is 1. The number of carbonyl (C=O) groups is 1. The lowest BCUT2D eigenvalue weighted by Crippen LogP contribution is -2.35. The first-order valence-electron chi connectivity index (χ1n) is 8.94. The second kappa shape index (κ2) is 7.20. The normalized spacial score (nSPS) is 19.6. The van der Waals surface area contributed by atoms with Crippen molar-refractivity contribution in [1.82, 2.24) is 9.88 Å².